The monoisotopic (exact) mass is 555 g/mol. The number of sulfonamides is 1. The minimum Gasteiger partial charge on any atom is -0.357 e. The Balaban J connectivity index is 0.00000450. The van der Waals surface area contributed by atoms with Gasteiger partial charge in [-0.05, 0) is 40.3 Å². The molecule has 1 unspecified atom stereocenters. The highest BCUT2D eigenvalue weighted by Gasteiger charge is 2.27. The van der Waals surface area contributed by atoms with Gasteiger partial charge in [0.2, 0.25) is 10.0 Å². The third-order valence-electron chi connectivity index (χ3n) is 5.15. The number of piperidine rings is 1. The van der Waals surface area contributed by atoms with Crippen LogP contribution in [0.1, 0.15) is 44.7 Å². The summed E-state index contributed by atoms with van der Waals surface area (Å²) < 4.78 is 27.9. The predicted molar refractivity (Wildman–Crippen MR) is 133 cm³/mol. The largest absolute Gasteiger partial charge is 0.357 e. The van der Waals surface area contributed by atoms with Gasteiger partial charge in [-0.15, -0.1) is 24.0 Å². The number of aryl methyl sites for hydroxylation is 1. The average Bonchev–Trinajstić information content (AvgIpc) is 3.08. The van der Waals surface area contributed by atoms with Gasteiger partial charge >= 0.3 is 0 Å². The second kappa shape index (κ2) is 12.8. The fourth-order valence-corrected chi connectivity index (χ4v) is 5.08. The second-order valence-electron chi connectivity index (χ2n) is 7.78. The summed E-state index contributed by atoms with van der Waals surface area (Å²) in [6.45, 7) is 6.46. The van der Waals surface area contributed by atoms with E-state index in [-0.39, 0.29) is 41.8 Å². The van der Waals surface area contributed by atoms with Crippen molar-refractivity contribution in [1.82, 2.24) is 29.6 Å². The van der Waals surface area contributed by atoms with Crippen molar-refractivity contribution >= 4 is 40.0 Å². The molecule has 1 aliphatic rings. The van der Waals surface area contributed by atoms with E-state index < -0.39 is 10.0 Å². The lowest BCUT2D eigenvalue weighted by atomic mass is 10.1. The number of rotatable bonds is 9. The second-order valence-corrected chi connectivity index (χ2v) is 9.87. The minimum atomic E-state index is -3.11. The number of nitrogens with one attached hydrogen (secondary N) is 2. The zero-order chi connectivity index (χ0) is 21.4. The van der Waals surface area contributed by atoms with E-state index in [1.54, 1.807) is 8.99 Å². The van der Waals surface area contributed by atoms with Gasteiger partial charge in [-0.2, -0.15) is 5.10 Å². The van der Waals surface area contributed by atoms with Crippen LogP contribution in [0.3, 0.4) is 0 Å². The molecule has 2 heterocycles. The summed E-state index contributed by atoms with van der Waals surface area (Å²) in [5, 5.41) is 11.1. The van der Waals surface area contributed by atoms with Gasteiger partial charge in [0.15, 0.2) is 5.96 Å². The molecule has 2 rings (SSSR count). The van der Waals surface area contributed by atoms with Crippen molar-refractivity contribution < 1.29 is 8.42 Å². The first-order valence-corrected chi connectivity index (χ1v) is 12.0. The van der Waals surface area contributed by atoms with Crippen molar-refractivity contribution in [2.75, 3.05) is 46.0 Å². The molecule has 2 N–H and O–H groups in total. The fraction of sp³-hybridized carbons (Fsp3) is 0.789. The molecule has 1 aromatic heterocycles. The van der Waals surface area contributed by atoms with E-state index in [0.717, 1.165) is 30.9 Å². The Kier molecular flexibility index (Phi) is 11.6. The first-order chi connectivity index (χ1) is 13.8. The molecule has 0 spiro atoms. The van der Waals surface area contributed by atoms with Crippen molar-refractivity contribution in [3.8, 4) is 0 Å². The summed E-state index contributed by atoms with van der Waals surface area (Å²) >= 11 is 0. The molecule has 1 atom stereocenters. The third-order valence-corrected chi connectivity index (χ3v) is 7.23. The summed E-state index contributed by atoms with van der Waals surface area (Å²) in [6, 6.07) is 0.359. The van der Waals surface area contributed by atoms with E-state index in [2.05, 4.69) is 20.6 Å². The van der Waals surface area contributed by atoms with Crippen LogP contribution in [-0.4, -0.2) is 85.4 Å². The zero-order valence-electron chi connectivity index (χ0n) is 18.8. The van der Waals surface area contributed by atoms with Crippen LogP contribution in [0, 0.1) is 0 Å². The topological polar surface area (TPSA) is 94.9 Å². The highest BCUT2D eigenvalue weighted by atomic mass is 127. The van der Waals surface area contributed by atoms with E-state index >= 15 is 0 Å². The third kappa shape index (κ3) is 7.97. The van der Waals surface area contributed by atoms with Crippen LogP contribution in [0.2, 0.25) is 0 Å². The van der Waals surface area contributed by atoms with Crippen molar-refractivity contribution in [2.24, 2.45) is 12.0 Å². The van der Waals surface area contributed by atoms with Crippen LogP contribution in [-0.2, 0) is 17.1 Å². The molecule has 1 saturated heterocycles. The molecule has 0 aromatic carbocycles. The predicted octanol–water partition coefficient (Wildman–Crippen LogP) is 1.40. The smallest absolute Gasteiger partial charge is 0.214 e. The molecule has 0 radical (unpaired) electrons. The standard InChI is InChI=1S/C19H37N7O2S.HI/c1-6-12-29(27,28)26-10-8-17(9-11-26)23-19(20-7-2)21-14-18(24(3)4)16-13-22-25(5)15-16;/h13,15,17-18H,6-12,14H2,1-5H3,(H2,20,21,23);1H. The summed E-state index contributed by atoms with van der Waals surface area (Å²) in [5.74, 6) is 1.01. The molecular formula is C19H38IN7O2S. The first-order valence-electron chi connectivity index (χ1n) is 10.4. The molecule has 0 amide bonds. The molecule has 1 aromatic rings. The van der Waals surface area contributed by atoms with Crippen LogP contribution in [0.15, 0.2) is 17.4 Å². The fourth-order valence-electron chi connectivity index (χ4n) is 3.54. The summed E-state index contributed by atoms with van der Waals surface area (Å²) in [6.07, 6.45) is 6.13. The molecule has 174 valence electrons. The van der Waals surface area contributed by atoms with Gasteiger partial charge in [-0.1, -0.05) is 6.92 Å². The lowest BCUT2D eigenvalue weighted by molar-refractivity contribution is 0.301. The Morgan fingerprint density at radius 2 is 2.00 bits per heavy atom. The quantitative estimate of drug-likeness (QED) is 0.272. The van der Waals surface area contributed by atoms with E-state index in [1.165, 1.54) is 0 Å². The molecular weight excluding hydrogens is 517 g/mol. The van der Waals surface area contributed by atoms with Gasteiger partial charge < -0.3 is 15.5 Å². The van der Waals surface area contributed by atoms with Crippen LogP contribution >= 0.6 is 24.0 Å². The van der Waals surface area contributed by atoms with Gasteiger partial charge in [-0.3, -0.25) is 9.67 Å². The Morgan fingerprint density at radius 3 is 2.50 bits per heavy atom. The lowest BCUT2D eigenvalue weighted by Crippen LogP contribution is -2.50. The molecule has 0 saturated carbocycles. The normalized spacial score (nSPS) is 17.6. The lowest BCUT2D eigenvalue weighted by Gasteiger charge is -2.32. The van der Waals surface area contributed by atoms with E-state index in [4.69, 9.17) is 4.99 Å². The molecule has 9 nitrogen and oxygen atoms in total. The highest BCUT2D eigenvalue weighted by Crippen LogP contribution is 2.18. The molecule has 1 aliphatic heterocycles. The van der Waals surface area contributed by atoms with E-state index in [0.29, 0.717) is 26.1 Å². The van der Waals surface area contributed by atoms with Crippen LogP contribution in [0.5, 0.6) is 0 Å². The maximum Gasteiger partial charge on any atom is 0.214 e. The van der Waals surface area contributed by atoms with Gasteiger partial charge in [0.1, 0.15) is 0 Å². The molecule has 0 aliphatic carbocycles. The van der Waals surface area contributed by atoms with Gasteiger partial charge in [0, 0.05) is 44.5 Å². The summed E-state index contributed by atoms with van der Waals surface area (Å²) in [4.78, 5) is 6.94. The van der Waals surface area contributed by atoms with Gasteiger partial charge in [-0.25, -0.2) is 12.7 Å². The number of guanidine groups is 1. The number of halogens is 1. The van der Waals surface area contributed by atoms with Crippen LogP contribution in [0.25, 0.3) is 0 Å². The Bertz CT molecular complexity index is 759. The Hall–Kier alpha value is -0.920. The summed E-state index contributed by atoms with van der Waals surface area (Å²) in [7, 11) is 2.89. The number of likely N-dealkylation sites (N-methyl/N-ethyl adjacent to an activating group) is 1. The Labute approximate surface area is 198 Å². The first kappa shape index (κ1) is 27.1. The van der Waals surface area contributed by atoms with E-state index in [9.17, 15) is 8.42 Å². The molecule has 1 fully saturated rings. The maximum atomic E-state index is 12.3. The van der Waals surface area contributed by atoms with Crippen molar-refractivity contribution in [3.63, 3.8) is 0 Å². The number of aromatic nitrogens is 2. The number of nitrogens with zero attached hydrogens (tertiary/aromatic N) is 5. The Morgan fingerprint density at radius 1 is 1.33 bits per heavy atom. The molecule has 30 heavy (non-hydrogen) atoms. The highest BCUT2D eigenvalue weighted by molar-refractivity contribution is 14.0. The number of hydrogen-bond donors (Lipinski definition) is 2. The molecule has 0 bridgehead atoms. The summed E-state index contributed by atoms with van der Waals surface area (Å²) in [5.41, 5.74) is 1.13. The van der Waals surface area contributed by atoms with Crippen LogP contribution < -0.4 is 10.6 Å². The average molecular weight is 556 g/mol. The van der Waals surface area contributed by atoms with Crippen LogP contribution in [0.4, 0.5) is 0 Å². The van der Waals surface area contributed by atoms with Crippen molar-refractivity contribution in [3.05, 3.63) is 18.0 Å². The van der Waals surface area contributed by atoms with Gasteiger partial charge in [0.25, 0.3) is 0 Å². The van der Waals surface area contributed by atoms with Crippen molar-refractivity contribution in [1.29, 1.82) is 0 Å². The number of aliphatic imine (C=N–C) groups is 1. The van der Waals surface area contributed by atoms with E-state index in [1.807, 2.05) is 47.4 Å². The maximum absolute atomic E-state index is 12.3. The molecule has 11 heteroatoms. The minimum absolute atomic E-state index is 0. The van der Waals surface area contributed by atoms with Gasteiger partial charge in [0.05, 0.1) is 24.5 Å². The number of hydrogen-bond acceptors (Lipinski definition) is 5. The SMILES string of the molecule is CCCS(=O)(=O)N1CCC(NC(=NCC(c2cnn(C)c2)N(C)C)NCC)CC1.I. The van der Waals surface area contributed by atoms with Crippen molar-refractivity contribution in [2.45, 2.75) is 45.2 Å². The zero-order valence-corrected chi connectivity index (χ0v) is 22.0.